The molecule has 2 N–H and O–H groups in total. The summed E-state index contributed by atoms with van der Waals surface area (Å²) in [7, 11) is 0. The Balaban J connectivity index is 1.70. The molecule has 1 aliphatic heterocycles. The molecule has 0 aliphatic carbocycles. The minimum Gasteiger partial charge on any atom is -0.376 e. The number of nitrogens with one attached hydrogen (secondary N) is 2. The summed E-state index contributed by atoms with van der Waals surface area (Å²) in [6, 6.07) is 7.60. The topological polar surface area (TPSA) is 76.1 Å². The molecule has 0 bridgehead atoms. The average molecular weight is 340 g/mol. The Hall–Kier alpha value is -2.47. The van der Waals surface area contributed by atoms with Crippen molar-refractivity contribution in [1.29, 1.82) is 0 Å². The largest absolute Gasteiger partial charge is 0.376 e. The summed E-state index contributed by atoms with van der Waals surface area (Å²) >= 11 is 0. The van der Waals surface area contributed by atoms with Crippen molar-refractivity contribution < 1.29 is 9.53 Å². The second-order valence-electron chi connectivity index (χ2n) is 6.47. The fourth-order valence-corrected chi connectivity index (χ4v) is 2.94. The number of anilines is 2. The quantitative estimate of drug-likeness (QED) is 0.874. The number of nitrogens with zero attached hydrogens (tertiary/aromatic N) is 2. The van der Waals surface area contributed by atoms with Gasteiger partial charge in [-0.2, -0.15) is 0 Å². The van der Waals surface area contributed by atoms with Crippen molar-refractivity contribution in [2.24, 2.45) is 0 Å². The van der Waals surface area contributed by atoms with E-state index in [0.717, 1.165) is 36.3 Å². The van der Waals surface area contributed by atoms with Crippen molar-refractivity contribution >= 4 is 17.4 Å². The number of amides is 1. The van der Waals surface area contributed by atoms with Crippen LogP contribution in [0, 0.1) is 20.8 Å². The van der Waals surface area contributed by atoms with Crippen molar-refractivity contribution in [1.82, 2.24) is 9.97 Å². The van der Waals surface area contributed by atoms with Gasteiger partial charge in [0.05, 0.1) is 6.10 Å². The third-order valence-electron chi connectivity index (χ3n) is 4.24. The van der Waals surface area contributed by atoms with Crippen molar-refractivity contribution in [3.8, 4) is 0 Å². The van der Waals surface area contributed by atoms with Crippen LogP contribution in [0.5, 0.6) is 0 Å². The van der Waals surface area contributed by atoms with E-state index in [9.17, 15) is 4.79 Å². The van der Waals surface area contributed by atoms with Gasteiger partial charge in [-0.15, -0.1) is 0 Å². The predicted molar refractivity (Wildman–Crippen MR) is 98.1 cm³/mol. The van der Waals surface area contributed by atoms with E-state index in [1.807, 2.05) is 32.0 Å². The van der Waals surface area contributed by atoms with Crippen molar-refractivity contribution in [2.75, 3.05) is 23.8 Å². The summed E-state index contributed by atoms with van der Waals surface area (Å²) in [5.74, 6) is 0.967. The average Bonchev–Trinajstić information content (AvgIpc) is 3.08. The third-order valence-corrected chi connectivity index (χ3v) is 4.24. The molecule has 3 rings (SSSR count). The number of hydrogen-bond acceptors (Lipinski definition) is 5. The first kappa shape index (κ1) is 17.4. The maximum atomic E-state index is 12.6. The summed E-state index contributed by atoms with van der Waals surface area (Å²) in [5, 5.41) is 6.17. The first-order valence-corrected chi connectivity index (χ1v) is 8.61. The van der Waals surface area contributed by atoms with E-state index >= 15 is 0 Å². The minimum atomic E-state index is -0.238. The highest BCUT2D eigenvalue weighted by Crippen LogP contribution is 2.18. The van der Waals surface area contributed by atoms with E-state index in [-0.39, 0.29) is 12.0 Å². The molecule has 2 aromatic rings. The molecule has 1 amide bonds. The number of ether oxygens (including phenoxy) is 1. The molecular weight excluding hydrogens is 316 g/mol. The van der Waals surface area contributed by atoms with Gasteiger partial charge in [0.2, 0.25) is 0 Å². The van der Waals surface area contributed by atoms with E-state index in [1.54, 1.807) is 13.0 Å². The normalized spacial score (nSPS) is 16.7. The van der Waals surface area contributed by atoms with Crippen LogP contribution < -0.4 is 10.6 Å². The van der Waals surface area contributed by atoms with Crippen molar-refractivity contribution in [2.45, 2.75) is 39.7 Å². The van der Waals surface area contributed by atoms with Gasteiger partial charge in [-0.1, -0.05) is 17.7 Å². The number of carbonyl (C=O) groups excluding carboxylic acids is 1. The summed E-state index contributed by atoms with van der Waals surface area (Å²) in [5.41, 5.74) is 3.33. The molecule has 1 unspecified atom stereocenters. The van der Waals surface area contributed by atoms with Crippen molar-refractivity contribution in [3.05, 3.63) is 46.9 Å². The van der Waals surface area contributed by atoms with Gasteiger partial charge >= 0.3 is 0 Å². The Morgan fingerprint density at radius 1 is 1.24 bits per heavy atom. The Labute approximate surface area is 148 Å². The van der Waals surface area contributed by atoms with Crippen LogP contribution >= 0.6 is 0 Å². The van der Waals surface area contributed by atoms with Crippen LogP contribution in [-0.4, -0.2) is 35.1 Å². The maximum absolute atomic E-state index is 12.6. The van der Waals surface area contributed by atoms with E-state index < -0.39 is 0 Å². The number of carbonyl (C=O) groups is 1. The van der Waals surface area contributed by atoms with Crippen LogP contribution in [-0.2, 0) is 4.74 Å². The van der Waals surface area contributed by atoms with Gasteiger partial charge in [-0.05, 0) is 45.2 Å². The first-order chi connectivity index (χ1) is 12.0. The lowest BCUT2D eigenvalue weighted by Crippen LogP contribution is -2.20. The highest BCUT2D eigenvalue weighted by atomic mass is 16.5. The number of benzene rings is 1. The molecule has 1 saturated heterocycles. The Morgan fingerprint density at radius 2 is 2.08 bits per heavy atom. The third kappa shape index (κ3) is 4.54. The van der Waals surface area contributed by atoms with Crippen LogP contribution in [0.1, 0.15) is 40.3 Å². The highest BCUT2D eigenvalue weighted by molar-refractivity contribution is 6.03. The van der Waals surface area contributed by atoms with Gasteiger partial charge in [0.25, 0.3) is 5.91 Å². The molecular formula is C19H24N4O2. The Kier molecular flexibility index (Phi) is 5.28. The van der Waals surface area contributed by atoms with E-state index in [1.165, 1.54) is 0 Å². The van der Waals surface area contributed by atoms with Crippen molar-refractivity contribution in [3.63, 3.8) is 0 Å². The molecule has 1 atom stereocenters. The molecule has 1 aliphatic rings. The molecule has 1 aromatic heterocycles. The zero-order valence-electron chi connectivity index (χ0n) is 14.9. The van der Waals surface area contributed by atoms with E-state index in [2.05, 4.69) is 20.6 Å². The molecule has 25 heavy (non-hydrogen) atoms. The second kappa shape index (κ2) is 7.61. The van der Waals surface area contributed by atoms with Gasteiger partial charge in [0, 0.05) is 24.9 Å². The lowest BCUT2D eigenvalue weighted by molar-refractivity contribution is 0.102. The minimum absolute atomic E-state index is 0.211. The molecule has 1 fully saturated rings. The molecule has 0 spiro atoms. The lowest BCUT2D eigenvalue weighted by Gasteiger charge is -2.13. The maximum Gasteiger partial charge on any atom is 0.274 e. The number of rotatable bonds is 5. The monoisotopic (exact) mass is 340 g/mol. The van der Waals surface area contributed by atoms with Gasteiger partial charge in [0.15, 0.2) is 0 Å². The zero-order valence-corrected chi connectivity index (χ0v) is 14.9. The molecule has 0 saturated carbocycles. The first-order valence-electron chi connectivity index (χ1n) is 8.61. The van der Waals surface area contributed by atoms with Crippen LogP contribution in [0.25, 0.3) is 0 Å². The van der Waals surface area contributed by atoms with Gasteiger partial charge in [0.1, 0.15) is 17.3 Å². The number of hydrogen-bond donors (Lipinski definition) is 2. The molecule has 6 heteroatoms. The van der Waals surface area contributed by atoms with E-state index in [0.29, 0.717) is 23.9 Å². The number of aryl methyl sites for hydroxylation is 3. The van der Waals surface area contributed by atoms with E-state index in [4.69, 9.17) is 4.74 Å². The smallest absolute Gasteiger partial charge is 0.274 e. The second-order valence-corrected chi connectivity index (χ2v) is 6.47. The standard InChI is InChI=1S/C19H24N4O2/c1-12-6-7-16(13(2)9-12)23-19(24)17-10-18(22-14(3)21-17)20-11-15-5-4-8-25-15/h6-7,9-10,15H,4-5,8,11H2,1-3H3,(H,23,24)(H,20,21,22). The fourth-order valence-electron chi connectivity index (χ4n) is 2.94. The van der Waals surface area contributed by atoms with Gasteiger partial charge in [-0.25, -0.2) is 9.97 Å². The summed E-state index contributed by atoms with van der Waals surface area (Å²) in [6.45, 7) is 7.29. The SMILES string of the molecule is Cc1ccc(NC(=O)c2cc(NCC3CCCO3)nc(C)n2)c(C)c1. The molecule has 2 heterocycles. The molecule has 1 aromatic carbocycles. The van der Waals surface area contributed by atoms with Gasteiger partial charge < -0.3 is 15.4 Å². The molecule has 0 radical (unpaired) electrons. The zero-order chi connectivity index (χ0) is 17.8. The molecule has 132 valence electrons. The van der Waals surface area contributed by atoms with Crippen LogP contribution in [0.2, 0.25) is 0 Å². The predicted octanol–water partition coefficient (Wildman–Crippen LogP) is 3.25. The molecule has 6 nitrogen and oxygen atoms in total. The summed E-state index contributed by atoms with van der Waals surface area (Å²) in [4.78, 5) is 21.2. The highest BCUT2D eigenvalue weighted by Gasteiger charge is 2.16. The van der Waals surface area contributed by atoms with Crippen LogP contribution in [0.15, 0.2) is 24.3 Å². The van der Waals surface area contributed by atoms with Crippen LogP contribution in [0.3, 0.4) is 0 Å². The lowest BCUT2D eigenvalue weighted by atomic mass is 10.1. The van der Waals surface area contributed by atoms with Gasteiger partial charge in [-0.3, -0.25) is 4.79 Å². The summed E-state index contributed by atoms with van der Waals surface area (Å²) < 4.78 is 5.60. The summed E-state index contributed by atoms with van der Waals surface area (Å²) in [6.07, 6.45) is 2.36. The number of aromatic nitrogens is 2. The Bertz CT molecular complexity index is 770. The fraction of sp³-hybridized carbons (Fsp3) is 0.421. The Morgan fingerprint density at radius 3 is 2.80 bits per heavy atom. The van der Waals surface area contributed by atoms with Crippen LogP contribution in [0.4, 0.5) is 11.5 Å².